The van der Waals surface area contributed by atoms with Crippen molar-refractivity contribution >= 4 is 5.69 Å². The van der Waals surface area contributed by atoms with Gasteiger partial charge < -0.3 is 5.32 Å². The predicted octanol–water partition coefficient (Wildman–Crippen LogP) is 5.05. The molecule has 0 bridgehead atoms. The van der Waals surface area contributed by atoms with E-state index in [-0.39, 0.29) is 0 Å². The lowest BCUT2D eigenvalue weighted by atomic mass is 9.72. The van der Waals surface area contributed by atoms with Crippen LogP contribution in [0.15, 0.2) is 24.3 Å². The molecule has 1 heteroatoms. The average molecular weight is 257 g/mol. The Bertz CT molecular complexity index is 415. The van der Waals surface area contributed by atoms with Crippen LogP contribution in [0.2, 0.25) is 0 Å². The van der Waals surface area contributed by atoms with Crippen LogP contribution in [0.4, 0.5) is 5.69 Å². The SMILES string of the molecule is CC1CC(C)CC(CC2CCNc3ccccc32)C1. The first kappa shape index (κ1) is 13.0. The van der Waals surface area contributed by atoms with Crippen LogP contribution in [-0.2, 0) is 0 Å². The lowest BCUT2D eigenvalue weighted by Gasteiger charge is -2.35. The Balaban J connectivity index is 1.70. The molecular weight excluding hydrogens is 230 g/mol. The Labute approximate surface area is 117 Å². The molecule has 1 aliphatic carbocycles. The van der Waals surface area contributed by atoms with Gasteiger partial charge in [0.05, 0.1) is 0 Å². The number of para-hydroxylation sites is 1. The van der Waals surface area contributed by atoms with Gasteiger partial charge in [0.1, 0.15) is 0 Å². The van der Waals surface area contributed by atoms with Crippen molar-refractivity contribution in [3.63, 3.8) is 0 Å². The Kier molecular flexibility index (Phi) is 3.81. The summed E-state index contributed by atoms with van der Waals surface area (Å²) in [5.74, 6) is 3.62. The molecule has 1 nitrogen and oxygen atoms in total. The molecule has 1 N–H and O–H groups in total. The topological polar surface area (TPSA) is 12.0 Å². The summed E-state index contributed by atoms with van der Waals surface area (Å²) in [4.78, 5) is 0. The maximum atomic E-state index is 3.55. The van der Waals surface area contributed by atoms with Crippen molar-refractivity contribution in [3.05, 3.63) is 29.8 Å². The largest absolute Gasteiger partial charge is 0.385 e. The van der Waals surface area contributed by atoms with Crippen LogP contribution < -0.4 is 5.32 Å². The summed E-state index contributed by atoms with van der Waals surface area (Å²) in [5, 5.41) is 3.55. The first-order valence-corrected chi connectivity index (χ1v) is 8.05. The lowest BCUT2D eigenvalue weighted by molar-refractivity contribution is 0.199. The van der Waals surface area contributed by atoms with Gasteiger partial charge in [-0.15, -0.1) is 0 Å². The molecular formula is C18H27N. The molecule has 0 spiro atoms. The van der Waals surface area contributed by atoms with E-state index in [4.69, 9.17) is 0 Å². The minimum Gasteiger partial charge on any atom is -0.385 e. The Morgan fingerprint density at radius 3 is 2.58 bits per heavy atom. The molecule has 1 aliphatic heterocycles. The number of nitrogens with one attached hydrogen (secondary N) is 1. The van der Waals surface area contributed by atoms with E-state index in [0.717, 1.165) is 30.2 Å². The summed E-state index contributed by atoms with van der Waals surface area (Å²) in [6, 6.07) is 8.93. The maximum absolute atomic E-state index is 3.55. The van der Waals surface area contributed by atoms with Crippen LogP contribution in [0.5, 0.6) is 0 Å². The number of benzene rings is 1. The molecule has 1 aromatic carbocycles. The minimum absolute atomic E-state index is 0.792. The highest BCUT2D eigenvalue weighted by Crippen LogP contribution is 2.41. The van der Waals surface area contributed by atoms with E-state index in [1.54, 1.807) is 5.56 Å². The molecule has 1 fully saturated rings. The Hall–Kier alpha value is -0.980. The monoisotopic (exact) mass is 257 g/mol. The second-order valence-corrected chi connectivity index (χ2v) is 7.02. The zero-order valence-electron chi connectivity index (χ0n) is 12.4. The summed E-state index contributed by atoms with van der Waals surface area (Å²) in [6.45, 7) is 6.04. The van der Waals surface area contributed by atoms with Crippen LogP contribution >= 0.6 is 0 Å². The summed E-state index contributed by atoms with van der Waals surface area (Å²) in [6.07, 6.45) is 7.08. The highest BCUT2D eigenvalue weighted by atomic mass is 14.9. The van der Waals surface area contributed by atoms with Crippen molar-refractivity contribution < 1.29 is 0 Å². The van der Waals surface area contributed by atoms with Crippen LogP contribution in [0.3, 0.4) is 0 Å². The number of rotatable bonds is 2. The molecule has 1 heterocycles. The fourth-order valence-electron chi connectivity index (χ4n) is 4.50. The van der Waals surface area contributed by atoms with Gasteiger partial charge in [-0.25, -0.2) is 0 Å². The third kappa shape index (κ3) is 2.96. The predicted molar refractivity (Wildman–Crippen MR) is 82.6 cm³/mol. The van der Waals surface area contributed by atoms with Crippen molar-refractivity contribution in [2.24, 2.45) is 17.8 Å². The molecule has 1 saturated carbocycles. The smallest absolute Gasteiger partial charge is 0.0375 e. The number of fused-ring (bicyclic) bond motifs is 1. The van der Waals surface area contributed by atoms with Gasteiger partial charge in [0.2, 0.25) is 0 Å². The van der Waals surface area contributed by atoms with Crippen LogP contribution in [-0.4, -0.2) is 6.54 Å². The normalized spacial score (nSPS) is 34.4. The quantitative estimate of drug-likeness (QED) is 0.782. The standard InChI is InChI=1S/C18H27N/c1-13-9-14(2)11-15(10-13)12-16-7-8-19-18-6-4-3-5-17(16)18/h3-6,13-16,19H,7-12H2,1-2H3. The average Bonchev–Trinajstić information content (AvgIpc) is 2.38. The van der Waals surface area contributed by atoms with Crippen molar-refractivity contribution in [2.45, 2.75) is 51.9 Å². The van der Waals surface area contributed by atoms with Crippen molar-refractivity contribution in [3.8, 4) is 0 Å². The Morgan fingerprint density at radius 2 is 1.79 bits per heavy atom. The van der Waals surface area contributed by atoms with E-state index in [9.17, 15) is 0 Å². The Morgan fingerprint density at radius 1 is 1.05 bits per heavy atom. The first-order valence-electron chi connectivity index (χ1n) is 8.05. The third-order valence-electron chi connectivity index (χ3n) is 5.10. The second-order valence-electron chi connectivity index (χ2n) is 7.02. The van der Waals surface area contributed by atoms with E-state index < -0.39 is 0 Å². The van der Waals surface area contributed by atoms with Gasteiger partial charge in [0.25, 0.3) is 0 Å². The molecule has 3 atom stereocenters. The fraction of sp³-hybridized carbons (Fsp3) is 0.667. The molecule has 19 heavy (non-hydrogen) atoms. The minimum atomic E-state index is 0.792. The molecule has 3 rings (SSSR count). The number of anilines is 1. The molecule has 0 saturated heterocycles. The van der Waals surface area contributed by atoms with E-state index in [1.165, 1.54) is 37.8 Å². The second kappa shape index (κ2) is 5.56. The van der Waals surface area contributed by atoms with Crippen LogP contribution in [0, 0.1) is 17.8 Å². The maximum Gasteiger partial charge on any atom is 0.0375 e. The van der Waals surface area contributed by atoms with E-state index in [2.05, 4.69) is 43.4 Å². The molecule has 2 aliphatic rings. The van der Waals surface area contributed by atoms with Crippen molar-refractivity contribution in [1.29, 1.82) is 0 Å². The molecule has 1 aromatic rings. The van der Waals surface area contributed by atoms with Gasteiger partial charge in [-0.3, -0.25) is 0 Å². The molecule has 0 amide bonds. The molecule has 0 radical (unpaired) electrons. The van der Waals surface area contributed by atoms with Gasteiger partial charge >= 0.3 is 0 Å². The summed E-state index contributed by atoms with van der Waals surface area (Å²) < 4.78 is 0. The summed E-state index contributed by atoms with van der Waals surface area (Å²) in [5.41, 5.74) is 2.95. The van der Waals surface area contributed by atoms with Gasteiger partial charge in [-0.2, -0.15) is 0 Å². The lowest BCUT2D eigenvalue weighted by Crippen LogP contribution is -2.24. The molecule has 3 unspecified atom stereocenters. The number of hydrogen-bond acceptors (Lipinski definition) is 1. The van der Waals surface area contributed by atoms with Crippen molar-refractivity contribution in [1.82, 2.24) is 0 Å². The third-order valence-corrected chi connectivity index (χ3v) is 5.10. The van der Waals surface area contributed by atoms with Crippen molar-refractivity contribution in [2.75, 3.05) is 11.9 Å². The summed E-state index contributed by atoms with van der Waals surface area (Å²) >= 11 is 0. The molecule has 0 aromatic heterocycles. The van der Waals surface area contributed by atoms with E-state index >= 15 is 0 Å². The van der Waals surface area contributed by atoms with Gasteiger partial charge in [-0.05, 0) is 67.4 Å². The highest BCUT2D eigenvalue weighted by Gasteiger charge is 2.28. The van der Waals surface area contributed by atoms with E-state index in [0.29, 0.717) is 0 Å². The number of hydrogen-bond donors (Lipinski definition) is 1. The van der Waals surface area contributed by atoms with Gasteiger partial charge in [0.15, 0.2) is 0 Å². The van der Waals surface area contributed by atoms with Crippen LogP contribution in [0.25, 0.3) is 0 Å². The van der Waals surface area contributed by atoms with E-state index in [1.807, 2.05) is 0 Å². The zero-order chi connectivity index (χ0) is 13.2. The zero-order valence-corrected chi connectivity index (χ0v) is 12.4. The fourth-order valence-corrected chi connectivity index (χ4v) is 4.50. The highest BCUT2D eigenvalue weighted by molar-refractivity contribution is 5.54. The van der Waals surface area contributed by atoms with Crippen LogP contribution in [0.1, 0.15) is 57.4 Å². The van der Waals surface area contributed by atoms with Gasteiger partial charge in [-0.1, -0.05) is 32.0 Å². The first-order chi connectivity index (χ1) is 9.22. The van der Waals surface area contributed by atoms with Gasteiger partial charge in [0, 0.05) is 12.2 Å². The summed E-state index contributed by atoms with van der Waals surface area (Å²) in [7, 11) is 0. The molecule has 104 valence electrons.